The van der Waals surface area contributed by atoms with Crippen LogP contribution in [0.2, 0.25) is 0 Å². The number of hydrogen-bond donors (Lipinski definition) is 1. The van der Waals surface area contributed by atoms with E-state index in [1.165, 1.54) is 19.2 Å². The number of halogens is 1. The lowest BCUT2D eigenvalue weighted by Gasteiger charge is -2.13. The van der Waals surface area contributed by atoms with E-state index in [0.717, 1.165) is 5.56 Å². The van der Waals surface area contributed by atoms with Crippen molar-refractivity contribution in [2.24, 2.45) is 0 Å². The van der Waals surface area contributed by atoms with Crippen molar-refractivity contribution in [1.82, 2.24) is 0 Å². The molecule has 2 aromatic rings. The molecule has 0 bridgehead atoms. The van der Waals surface area contributed by atoms with E-state index in [4.69, 9.17) is 9.47 Å². The predicted molar refractivity (Wildman–Crippen MR) is 96.8 cm³/mol. The molecule has 0 aromatic heterocycles. The molecule has 0 aliphatic heterocycles. The Balaban J connectivity index is 1.87. The van der Waals surface area contributed by atoms with E-state index in [9.17, 15) is 14.0 Å². The molecule has 0 radical (unpaired) electrons. The highest BCUT2D eigenvalue weighted by Crippen LogP contribution is 2.23. The largest absolute Gasteiger partial charge is 0.494 e. The van der Waals surface area contributed by atoms with E-state index < -0.39 is 24.3 Å². The molecule has 2 aromatic carbocycles. The summed E-state index contributed by atoms with van der Waals surface area (Å²) in [5.74, 6) is -1.24. The van der Waals surface area contributed by atoms with Gasteiger partial charge in [0.25, 0.3) is 5.91 Å². The Morgan fingerprint density at radius 1 is 1.15 bits per heavy atom. The van der Waals surface area contributed by atoms with Crippen molar-refractivity contribution in [2.45, 2.75) is 26.2 Å². The van der Waals surface area contributed by atoms with Crippen LogP contribution in [0.3, 0.4) is 0 Å². The second kappa shape index (κ2) is 8.99. The first-order chi connectivity index (χ1) is 12.4. The Bertz CT molecular complexity index is 789. The van der Waals surface area contributed by atoms with Crippen molar-refractivity contribution in [1.29, 1.82) is 0 Å². The zero-order valence-corrected chi connectivity index (χ0v) is 15.0. The fraction of sp³-hybridized carbons (Fsp3) is 0.300. The third-order valence-corrected chi connectivity index (χ3v) is 3.79. The minimum Gasteiger partial charge on any atom is -0.494 e. The van der Waals surface area contributed by atoms with Gasteiger partial charge < -0.3 is 14.8 Å². The number of anilines is 1. The van der Waals surface area contributed by atoms with Crippen molar-refractivity contribution in [3.63, 3.8) is 0 Å². The van der Waals surface area contributed by atoms with Crippen LogP contribution in [0.25, 0.3) is 0 Å². The summed E-state index contributed by atoms with van der Waals surface area (Å²) in [5, 5.41) is 2.74. The molecule has 6 heteroatoms. The van der Waals surface area contributed by atoms with Crippen LogP contribution >= 0.6 is 0 Å². The molecule has 0 aliphatic carbocycles. The molecule has 5 nitrogen and oxygen atoms in total. The molecule has 0 saturated carbocycles. The number of carbonyl (C=O) groups is 2. The first kappa shape index (κ1) is 19.4. The Labute approximate surface area is 152 Å². The number of methoxy groups -OCH3 is 1. The van der Waals surface area contributed by atoms with Crippen molar-refractivity contribution in [3.05, 3.63) is 59.4 Å². The Morgan fingerprint density at radius 3 is 2.54 bits per heavy atom. The van der Waals surface area contributed by atoms with Crippen LogP contribution in [0.4, 0.5) is 10.1 Å². The Hall–Kier alpha value is -2.89. The van der Waals surface area contributed by atoms with Crippen LogP contribution in [0.5, 0.6) is 5.75 Å². The monoisotopic (exact) mass is 359 g/mol. The smallest absolute Gasteiger partial charge is 0.310 e. The van der Waals surface area contributed by atoms with E-state index in [-0.39, 0.29) is 18.1 Å². The second-order valence-corrected chi connectivity index (χ2v) is 6.10. The Kier molecular flexibility index (Phi) is 6.72. The molecule has 0 fully saturated rings. The number of rotatable bonds is 7. The van der Waals surface area contributed by atoms with Gasteiger partial charge in [0.2, 0.25) is 0 Å². The summed E-state index contributed by atoms with van der Waals surface area (Å²) in [4.78, 5) is 23.9. The molecule has 0 atom stereocenters. The number of esters is 1. The molecular formula is C20H22FNO4. The third kappa shape index (κ3) is 5.31. The van der Waals surface area contributed by atoms with Gasteiger partial charge in [-0.25, -0.2) is 4.39 Å². The van der Waals surface area contributed by atoms with E-state index >= 15 is 0 Å². The first-order valence-corrected chi connectivity index (χ1v) is 8.27. The zero-order chi connectivity index (χ0) is 19.1. The molecule has 0 unspecified atom stereocenters. The molecule has 0 spiro atoms. The summed E-state index contributed by atoms with van der Waals surface area (Å²) in [7, 11) is 1.36. The third-order valence-electron chi connectivity index (χ3n) is 3.79. The molecular weight excluding hydrogens is 337 g/mol. The summed E-state index contributed by atoms with van der Waals surface area (Å²) in [5.41, 5.74) is 2.14. The second-order valence-electron chi connectivity index (χ2n) is 6.10. The molecule has 0 aliphatic rings. The summed E-state index contributed by atoms with van der Waals surface area (Å²) in [6.07, 6.45) is -0.128. The fourth-order valence-electron chi connectivity index (χ4n) is 2.48. The van der Waals surface area contributed by atoms with Gasteiger partial charge in [-0.3, -0.25) is 9.59 Å². The number of benzene rings is 2. The van der Waals surface area contributed by atoms with Gasteiger partial charge in [0.05, 0.1) is 13.5 Å². The topological polar surface area (TPSA) is 64.6 Å². The van der Waals surface area contributed by atoms with Gasteiger partial charge in [-0.15, -0.1) is 0 Å². The average Bonchev–Trinajstić information content (AvgIpc) is 2.60. The van der Waals surface area contributed by atoms with Crippen LogP contribution < -0.4 is 10.1 Å². The maximum Gasteiger partial charge on any atom is 0.310 e. The van der Waals surface area contributed by atoms with Crippen LogP contribution in [-0.2, 0) is 20.7 Å². The summed E-state index contributed by atoms with van der Waals surface area (Å²) in [6, 6.07) is 11.7. The predicted octanol–water partition coefficient (Wildman–Crippen LogP) is 3.68. The number of para-hydroxylation sites is 1. The highest BCUT2D eigenvalue weighted by Gasteiger charge is 2.13. The summed E-state index contributed by atoms with van der Waals surface area (Å²) in [6.45, 7) is 3.65. The summed E-state index contributed by atoms with van der Waals surface area (Å²) >= 11 is 0. The zero-order valence-electron chi connectivity index (χ0n) is 15.0. The number of nitrogens with one attached hydrogen (secondary N) is 1. The van der Waals surface area contributed by atoms with Crippen LogP contribution in [0.1, 0.15) is 30.9 Å². The number of amides is 1. The van der Waals surface area contributed by atoms with Crippen molar-refractivity contribution in [3.8, 4) is 5.75 Å². The fourth-order valence-corrected chi connectivity index (χ4v) is 2.48. The summed E-state index contributed by atoms with van der Waals surface area (Å²) < 4.78 is 23.4. The molecule has 1 amide bonds. The van der Waals surface area contributed by atoms with Gasteiger partial charge in [-0.1, -0.05) is 38.1 Å². The van der Waals surface area contributed by atoms with Gasteiger partial charge in [-0.2, -0.15) is 0 Å². The Morgan fingerprint density at radius 2 is 1.88 bits per heavy atom. The van der Waals surface area contributed by atoms with Gasteiger partial charge >= 0.3 is 5.97 Å². The quantitative estimate of drug-likeness (QED) is 0.766. The van der Waals surface area contributed by atoms with E-state index in [2.05, 4.69) is 5.32 Å². The van der Waals surface area contributed by atoms with Gasteiger partial charge in [0, 0.05) is 5.69 Å². The van der Waals surface area contributed by atoms with Crippen molar-refractivity contribution < 1.29 is 23.5 Å². The average molecular weight is 359 g/mol. The lowest BCUT2D eigenvalue weighted by molar-refractivity contribution is -0.146. The molecule has 0 heterocycles. The van der Waals surface area contributed by atoms with Gasteiger partial charge in [-0.05, 0) is 35.2 Å². The molecule has 2 rings (SSSR count). The lowest BCUT2D eigenvalue weighted by atomic mass is 10.0. The highest BCUT2D eigenvalue weighted by atomic mass is 19.1. The first-order valence-electron chi connectivity index (χ1n) is 8.27. The van der Waals surface area contributed by atoms with Crippen molar-refractivity contribution in [2.75, 3.05) is 19.0 Å². The van der Waals surface area contributed by atoms with Gasteiger partial charge in [0.1, 0.15) is 0 Å². The SMILES string of the molecule is COc1ccc(CC(=O)OCC(=O)Nc2ccccc2C(C)C)cc1F. The maximum atomic E-state index is 13.6. The van der Waals surface area contributed by atoms with Crippen LogP contribution in [-0.4, -0.2) is 25.6 Å². The standard InChI is InChI=1S/C20H22FNO4/c1-13(2)15-6-4-5-7-17(15)22-19(23)12-26-20(24)11-14-8-9-18(25-3)16(21)10-14/h4-10,13H,11-12H2,1-3H3,(H,22,23). The lowest BCUT2D eigenvalue weighted by Crippen LogP contribution is -2.22. The minimum atomic E-state index is -0.609. The molecule has 0 saturated heterocycles. The molecule has 26 heavy (non-hydrogen) atoms. The normalized spacial score (nSPS) is 10.5. The minimum absolute atomic E-state index is 0.102. The number of carbonyl (C=O) groups excluding carboxylic acids is 2. The van der Waals surface area contributed by atoms with Crippen molar-refractivity contribution >= 4 is 17.6 Å². The van der Waals surface area contributed by atoms with Crippen LogP contribution in [0, 0.1) is 5.82 Å². The van der Waals surface area contributed by atoms with E-state index in [0.29, 0.717) is 11.3 Å². The van der Waals surface area contributed by atoms with Gasteiger partial charge in [0.15, 0.2) is 18.2 Å². The van der Waals surface area contributed by atoms with E-state index in [1.807, 2.05) is 32.0 Å². The highest BCUT2D eigenvalue weighted by molar-refractivity contribution is 5.93. The maximum absolute atomic E-state index is 13.6. The number of ether oxygens (including phenoxy) is 2. The van der Waals surface area contributed by atoms with E-state index in [1.54, 1.807) is 12.1 Å². The van der Waals surface area contributed by atoms with Crippen LogP contribution in [0.15, 0.2) is 42.5 Å². The molecule has 138 valence electrons. The molecule has 1 N–H and O–H groups in total. The number of hydrogen-bond acceptors (Lipinski definition) is 4.